The van der Waals surface area contributed by atoms with Crippen LogP contribution in [0.15, 0.2) is 78.9 Å². The molecule has 7 nitrogen and oxygen atoms in total. The maximum atomic E-state index is 13.9. The van der Waals surface area contributed by atoms with Gasteiger partial charge in [0.2, 0.25) is 21.8 Å². The maximum Gasteiger partial charge on any atom is 0.243 e. The van der Waals surface area contributed by atoms with Crippen molar-refractivity contribution in [3.63, 3.8) is 0 Å². The molecule has 1 N–H and O–H groups in total. The van der Waals surface area contributed by atoms with Gasteiger partial charge in [-0.15, -0.1) is 0 Å². The highest BCUT2D eigenvalue weighted by atomic mass is 35.5. The molecule has 1 atom stereocenters. The molecule has 3 aromatic rings. The van der Waals surface area contributed by atoms with Crippen molar-refractivity contribution in [2.75, 3.05) is 23.7 Å². The number of anilines is 1. The Labute approximate surface area is 249 Å². The normalized spacial score (nSPS) is 12.0. The van der Waals surface area contributed by atoms with Crippen molar-refractivity contribution in [2.24, 2.45) is 0 Å². The van der Waals surface area contributed by atoms with E-state index in [1.807, 2.05) is 61.5 Å². The molecule has 3 aromatic carbocycles. The number of hydrogen-bond acceptors (Lipinski definition) is 4. The van der Waals surface area contributed by atoms with Crippen molar-refractivity contribution in [1.29, 1.82) is 0 Å². The van der Waals surface area contributed by atoms with Crippen LogP contribution >= 0.6 is 11.6 Å². The van der Waals surface area contributed by atoms with E-state index in [4.69, 9.17) is 11.6 Å². The molecular formula is C32H40ClN3O4S. The van der Waals surface area contributed by atoms with Crippen molar-refractivity contribution in [2.45, 2.75) is 58.5 Å². The van der Waals surface area contributed by atoms with Crippen LogP contribution < -0.4 is 9.62 Å². The van der Waals surface area contributed by atoms with E-state index in [1.165, 1.54) is 4.31 Å². The van der Waals surface area contributed by atoms with Crippen molar-refractivity contribution in [3.05, 3.63) is 101 Å². The molecule has 0 aromatic heterocycles. The van der Waals surface area contributed by atoms with Gasteiger partial charge < -0.3 is 10.2 Å². The fourth-order valence-corrected chi connectivity index (χ4v) is 5.81. The summed E-state index contributed by atoms with van der Waals surface area (Å²) < 4.78 is 26.4. The minimum Gasteiger partial charge on any atom is -0.354 e. The van der Waals surface area contributed by atoms with Gasteiger partial charge in [-0.25, -0.2) is 8.42 Å². The second-order valence-electron chi connectivity index (χ2n) is 10.2. The topological polar surface area (TPSA) is 86.8 Å². The van der Waals surface area contributed by atoms with Crippen LogP contribution in [-0.4, -0.2) is 50.5 Å². The van der Waals surface area contributed by atoms with Crippen LogP contribution in [0.4, 0.5) is 5.69 Å². The second kappa shape index (κ2) is 15.6. The van der Waals surface area contributed by atoms with Crippen LogP contribution in [0.25, 0.3) is 0 Å². The SMILES string of the molecule is CCCCNC(=O)C(Cc1ccccc1)N(Cc1ccccc1C)C(=O)CCCN(c1cccc(Cl)c1)S(C)(=O)=O. The fraction of sp³-hybridized carbons (Fsp3) is 0.375. The Hall–Kier alpha value is -3.36. The van der Waals surface area contributed by atoms with E-state index in [-0.39, 0.29) is 37.7 Å². The number of hydrogen-bond donors (Lipinski definition) is 1. The number of carbonyl (C=O) groups is 2. The first-order chi connectivity index (χ1) is 19.6. The number of sulfonamides is 1. The number of rotatable bonds is 15. The third kappa shape index (κ3) is 9.90. The van der Waals surface area contributed by atoms with Crippen LogP contribution in [0.5, 0.6) is 0 Å². The fourth-order valence-electron chi connectivity index (χ4n) is 4.67. The first kappa shape index (κ1) is 32.2. The monoisotopic (exact) mass is 597 g/mol. The molecule has 3 rings (SSSR count). The number of unbranched alkanes of at least 4 members (excludes halogenated alkanes) is 1. The zero-order chi connectivity index (χ0) is 29.8. The summed E-state index contributed by atoms with van der Waals surface area (Å²) in [6, 6.07) is 23.4. The second-order valence-corrected chi connectivity index (χ2v) is 12.6. The van der Waals surface area contributed by atoms with E-state index >= 15 is 0 Å². The number of halogens is 1. The van der Waals surface area contributed by atoms with Crippen LogP contribution in [0.3, 0.4) is 0 Å². The highest BCUT2D eigenvalue weighted by Crippen LogP contribution is 2.23. The molecule has 2 amide bonds. The molecule has 0 aliphatic carbocycles. The lowest BCUT2D eigenvalue weighted by Gasteiger charge is -2.32. The lowest BCUT2D eigenvalue weighted by Crippen LogP contribution is -2.50. The van der Waals surface area contributed by atoms with Gasteiger partial charge in [0.05, 0.1) is 11.9 Å². The summed E-state index contributed by atoms with van der Waals surface area (Å²) >= 11 is 6.11. The molecule has 0 saturated carbocycles. The third-order valence-corrected chi connectivity index (χ3v) is 8.38. The quantitative estimate of drug-likeness (QED) is 0.226. The molecular weight excluding hydrogens is 558 g/mol. The predicted molar refractivity (Wildman–Crippen MR) is 166 cm³/mol. The first-order valence-electron chi connectivity index (χ1n) is 14.0. The highest BCUT2D eigenvalue weighted by molar-refractivity contribution is 7.92. The largest absolute Gasteiger partial charge is 0.354 e. The molecule has 0 aliphatic heterocycles. The smallest absolute Gasteiger partial charge is 0.243 e. The van der Waals surface area contributed by atoms with Crippen molar-refractivity contribution >= 4 is 39.1 Å². The van der Waals surface area contributed by atoms with Crippen LogP contribution in [0.2, 0.25) is 5.02 Å². The molecule has 0 heterocycles. The van der Waals surface area contributed by atoms with Gasteiger partial charge in [0, 0.05) is 37.5 Å². The summed E-state index contributed by atoms with van der Waals surface area (Å²) in [5.41, 5.74) is 3.38. The Morgan fingerprint density at radius 1 is 0.951 bits per heavy atom. The van der Waals surface area contributed by atoms with Crippen LogP contribution in [0.1, 0.15) is 49.3 Å². The molecule has 41 heavy (non-hydrogen) atoms. The van der Waals surface area contributed by atoms with E-state index in [2.05, 4.69) is 12.2 Å². The highest BCUT2D eigenvalue weighted by Gasteiger charge is 2.30. The van der Waals surface area contributed by atoms with Gasteiger partial charge in [0.15, 0.2) is 0 Å². The summed E-state index contributed by atoms with van der Waals surface area (Å²) in [5, 5.41) is 3.45. The molecule has 0 bridgehead atoms. The summed E-state index contributed by atoms with van der Waals surface area (Å²) in [6.07, 6.45) is 3.65. The Balaban J connectivity index is 1.88. The Morgan fingerprint density at radius 2 is 1.66 bits per heavy atom. The van der Waals surface area contributed by atoms with Crippen molar-refractivity contribution in [3.8, 4) is 0 Å². The maximum absolute atomic E-state index is 13.9. The summed E-state index contributed by atoms with van der Waals surface area (Å²) in [7, 11) is -3.60. The average molecular weight is 598 g/mol. The number of nitrogens with one attached hydrogen (secondary N) is 1. The van der Waals surface area contributed by atoms with Gasteiger partial charge in [-0.05, 0) is 54.7 Å². The standard InChI is InChI=1S/C32H40ClN3O4S/c1-4-5-20-34-32(38)30(22-26-14-7-6-8-15-26)35(24-27-16-10-9-13-25(27)2)31(37)19-12-21-36(41(3,39)40)29-18-11-17-28(33)23-29/h6-11,13-18,23,30H,4-5,12,19-22,24H2,1-3H3,(H,34,38). The summed E-state index contributed by atoms with van der Waals surface area (Å²) in [6.45, 7) is 4.96. The molecule has 0 fully saturated rings. The molecule has 0 radical (unpaired) electrons. The van der Waals surface area contributed by atoms with Gasteiger partial charge in [-0.2, -0.15) is 0 Å². The number of amides is 2. The van der Waals surface area contributed by atoms with E-state index in [1.54, 1.807) is 29.2 Å². The Kier molecular flexibility index (Phi) is 12.2. The lowest BCUT2D eigenvalue weighted by molar-refractivity contribution is -0.141. The molecule has 0 saturated heterocycles. The van der Waals surface area contributed by atoms with E-state index in [0.717, 1.165) is 35.8 Å². The number of aryl methyl sites for hydroxylation is 1. The van der Waals surface area contributed by atoms with Crippen molar-refractivity contribution < 1.29 is 18.0 Å². The molecule has 0 aliphatic rings. The van der Waals surface area contributed by atoms with Gasteiger partial charge in [-0.3, -0.25) is 13.9 Å². The zero-order valence-electron chi connectivity index (χ0n) is 24.1. The summed E-state index contributed by atoms with van der Waals surface area (Å²) in [4.78, 5) is 29.1. The van der Waals surface area contributed by atoms with E-state index in [0.29, 0.717) is 23.7 Å². The van der Waals surface area contributed by atoms with Gasteiger partial charge in [0.1, 0.15) is 6.04 Å². The average Bonchev–Trinajstić information content (AvgIpc) is 2.93. The predicted octanol–water partition coefficient (Wildman–Crippen LogP) is 5.75. The van der Waals surface area contributed by atoms with Gasteiger partial charge in [0.25, 0.3) is 0 Å². The minimum absolute atomic E-state index is 0.0754. The minimum atomic E-state index is -3.60. The zero-order valence-corrected chi connectivity index (χ0v) is 25.6. The van der Waals surface area contributed by atoms with Gasteiger partial charge >= 0.3 is 0 Å². The molecule has 9 heteroatoms. The third-order valence-electron chi connectivity index (χ3n) is 6.95. The lowest BCUT2D eigenvalue weighted by atomic mass is 10.0. The Morgan fingerprint density at radius 3 is 2.32 bits per heavy atom. The molecule has 1 unspecified atom stereocenters. The van der Waals surface area contributed by atoms with E-state index < -0.39 is 16.1 Å². The number of benzene rings is 3. The first-order valence-corrected chi connectivity index (χ1v) is 16.2. The molecule has 0 spiro atoms. The van der Waals surface area contributed by atoms with Crippen LogP contribution in [-0.2, 0) is 32.6 Å². The van der Waals surface area contributed by atoms with Gasteiger partial charge in [-0.1, -0.05) is 85.6 Å². The summed E-state index contributed by atoms with van der Waals surface area (Å²) in [5.74, 6) is -0.403. The molecule has 220 valence electrons. The van der Waals surface area contributed by atoms with Crippen molar-refractivity contribution in [1.82, 2.24) is 10.2 Å². The van der Waals surface area contributed by atoms with Crippen LogP contribution in [0, 0.1) is 6.92 Å². The number of carbonyl (C=O) groups excluding carboxylic acids is 2. The Bertz CT molecular complexity index is 1400. The van der Waals surface area contributed by atoms with E-state index in [9.17, 15) is 18.0 Å². The number of nitrogens with zero attached hydrogens (tertiary/aromatic N) is 2.